The molecule has 3 heteroatoms. The van der Waals surface area contributed by atoms with Gasteiger partial charge in [-0.25, -0.2) is 8.78 Å². The highest BCUT2D eigenvalue weighted by Crippen LogP contribution is 2.23. The third-order valence-corrected chi connectivity index (χ3v) is 1.94. The quantitative estimate of drug-likeness (QED) is 0.619. The Hall–Kier alpha value is -0.570. The maximum Gasteiger partial charge on any atom is 0.136 e. The van der Waals surface area contributed by atoms with Gasteiger partial charge >= 0.3 is 0 Å². The van der Waals surface area contributed by atoms with Gasteiger partial charge in [-0.2, -0.15) is 0 Å². The fourth-order valence-electron chi connectivity index (χ4n) is 0.694. The average molecular weight is 173 g/mol. The predicted molar refractivity (Wildman–Crippen MR) is 42.2 cm³/mol. The number of benzene rings is 1. The third-order valence-electron chi connectivity index (χ3n) is 1.14. The largest absolute Gasteiger partial charge is 0.207 e. The first-order chi connectivity index (χ1) is 5.24. The van der Waals surface area contributed by atoms with E-state index < -0.39 is 5.82 Å². The van der Waals surface area contributed by atoms with Crippen LogP contribution in [0.1, 0.15) is 6.92 Å². The molecular formula is C8H7F2S. The summed E-state index contributed by atoms with van der Waals surface area (Å²) in [6, 6.07) is 3.41. The summed E-state index contributed by atoms with van der Waals surface area (Å²) in [5, 5.41) is 0. The van der Waals surface area contributed by atoms with Crippen LogP contribution in [0.15, 0.2) is 23.1 Å². The summed E-state index contributed by atoms with van der Waals surface area (Å²) in [5.74, 6) is 0.919. The zero-order valence-corrected chi connectivity index (χ0v) is 6.79. The van der Waals surface area contributed by atoms with Crippen LogP contribution < -0.4 is 0 Å². The molecule has 0 aromatic heterocycles. The second-order valence-corrected chi connectivity index (χ2v) is 3.08. The monoisotopic (exact) mass is 173 g/mol. The first-order valence-corrected chi connectivity index (χ1v) is 4.01. The van der Waals surface area contributed by atoms with Gasteiger partial charge < -0.3 is 0 Å². The number of hydrogen-bond acceptors (Lipinski definition) is 1. The zero-order chi connectivity index (χ0) is 8.27. The zero-order valence-electron chi connectivity index (χ0n) is 5.97. The second kappa shape index (κ2) is 3.72. The summed E-state index contributed by atoms with van der Waals surface area (Å²) >= 11 is 1.18. The molecule has 0 bridgehead atoms. The lowest BCUT2D eigenvalue weighted by molar-refractivity contribution is 0.577. The first-order valence-electron chi connectivity index (χ1n) is 3.13. The molecule has 0 aliphatic rings. The summed E-state index contributed by atoms with van der Waals surface area (Å²) in [7, 11) is 0. The molecule has 1 aromatic carbocycles. The lowest BCUT2D eigenvalue weighted by Crippen LogP contribution is -1.81. The minimum absolute atomic E-state index is 0.326. The highest BCUT2D eigenvalue weighted by Gasteiger charge is 2.02. The van der Waals surface area contributed by atoms with E-state index in [0.29, 0.717) is 4.90 Å². The minimum atomic E-state index is -0.407. The van der Waals surface area contributed by atoms with Crippen LogP contribution in [0.4, 0.5) is 8.78 Å². The Morgan fingerprint density at radius 1 is 1.36 bits per heavy atom. The normalized spacial score (nSPS) is 10.1. The van der Waals surface area contributed by atoms with E-state index in [4.69, 9.17) is 0 Å². The van der Waals surface area contributed by atoms with Crippen molar-refractivity contribution in [2.24, 2.45) is 0 Å². The molecular weight excluding hydrogens is 166 g/mol. The fourth-order valence-corrected chi connectivity index (χ4v) is 1.31. The van der Waals surface area contributed by atoms with Crippen molar-refractivity contribution in [2.75, 3.05) is 0 Å². The Morgan fingerprint density at radius 3 is 2.73 bits per heavy atom. The Morgan fingerprint density at radius 2 is 2.09 bits per heavy atom. The Kier molecular flexibility index (Phi) is 2.88. The highest BCUT2D eigenvalue weighted by atomic mass is 32.2. The lowest BCUT2D eigenvalue weighted by Gasteiger charge is -1.98. The molecule has 0 saturated carbocycles. The van der Waals surface area contributed by atoms with E-state index in [9.17, 15) is 8.78 Å². The van der Waals surface area contributed by atoms with Gasteiger partial charge in [0, 0.05) is 10.6 Å². The SMILES string of the molecule is C[CH]Sc1cc(F)ccc1F. The van der Waals surface area contributed by atoms with Crippen molar-refractivity contribution < 1.29 is 8.78 Å². The van der Waals surface area contributed by atoms with Crippen molar-refractivity contribution in [3.63, 3.8) is 0 Å². The first kappa shape index (κ1) is 8.53. The van der Waals surface area contributed by atoms with E-state index in [2.05, 4.69) is 0 Å². The van der Waals surface area contributed by atoms with Crippen LogP contribution >= 0.6 is 11.8 Å². The van der Waals surface area contributed by atoms with Crippen LogP contribution in [-0.4, -0.2) is 0 Å². The summed E-state index contributed by atoms with van der Waals surface area (Å²) in [6.45, 7) is 1.77. The average Bonchev–Trinajstić information content (AvgIpc) is 1.98. The number of thioether (sulfide) groups is 1. The van der Waals surface area contributed by atoms with Crippen LogP contribution in [0.2, 0.25) is 0 Å². The van der Waals surface area contributed by atoms with Gasteiger partial charge in [-0.15, -0.1) is 11.8 Å². The number of hydrogen-bond donors (Lipinski definition) is 0. The Labute approximate surface area is 68.6 Å². The lowest BCUT2D eigenvalue weighted by atomic mass is 10.3. The van der Waals surface area contributed by atoms with Gasteiger partial charge in [0.25, 0.3) is 0 Å². The van der Waals surface area contributed by atoms with Gasteiger partial charge in [0.15, 0.2) is 0 Å². The van der Waals surface area contributed by atoms with Crippen molar-refractivity contribution >= 4 is 11.8 Å². The summed E-state index contributed by atoms with van der Waals surface area (Å²) < 4.78 is 25.2. The van der Waals surface area contributed by atoms with Gasteiger partial charge in [0.05, 0.1) is 0 Å². The van der Waals surface area contributed by atoms with Gasteiger partial charge in [0.2, 0.25) is 0 Å². The van der Waals surface area contributed by atoms with E-state index in [1.807, 2.05) is 0 Å². The Balaban J connectivity index is 2.93. The van der Waals surface area contributed by atoms with Gasteiger partial charge in [0.1, 0.15) is 11.6 Å². The van der Waals surface area contributed by atoms with Crippen molar-refractivity contribution in [3.8, 4) is 0 Å². The topological polar surface area (TPSA) is 0 Å². The molecule has 0 heterocycles. The molecule has 0 spiro atoms. The van der Waals surface area contributed by atoms with E-state index in [1.165, 1.54) is 17.8 Å². The van der Waals surface area contributed by atoms with Gasteiger partial charge in [-0.05, 0) is 18.2 Å². The predicted octanol–water partition coefficient (Wildman–Crippen LogP) is 3.24. The van der Waals surface area contributed by atoms with E-state index >= 15 is 0 Å². The molecule has 0 fully saturated rings. The van der Waals surface area contributed by atoms with Crippen LogP contribution in [0.3, 0.4) is 0 Å². The molecule has 0 aliphatic carbocycles. The molecule has 1 aromatic rings. The molecule has 0 unspecified atom stereocenters. The van der Waals surface area contributed by atoms with Crippen LogP contribution in [-0.2, 0) is 0 Å². The number of halogens is 2. The standard InChI is InChI=1S/C8H7F2S/c1-2-11-8-5-6(9)3-4-7(8)10/h2-5H,1H3. The van der Waals surface area contributed by atoms with Crippen LogP contribution in [0.25, 0.3) is 0 Å². The van der Waals surface area contributed by atoms with Crippen molar-refractivity contribution in [1.29, 1.82) is 0 Å². The maximum absolute atomic E-state index is 12.7. The second-order valence-electron chi connectivity index (χ2n) is 1.93. The molecule has 0 saturated heterocycles. The van der Waals surface area contributed by atoms with Crippen LogP contribution in [0.5, 0.6) is 0 Å². The molecule has 59 valence electrons. The molecule has 0 atom stereocenters. The summed E-state index contributed by atoms with van der Waals surface area (Å²) in [4.78, 5) is 0.326. The Bertz CT molecular complexity index is 248. The smallest absolute Gasteiger partial charge is 0.136 e. The van der Waals surface area contributed by atoms with Crippen molar-refractivity contribution in [1.82, 2.24) is 0 Å². The molecule has 0 amide bonds. The van der Waals surface area contributed by atoms with Gasteiger partial charge in [-0.3, -0.25) is 0 Å². The molecule has 0 aliphatic heterocycles. The molecule has 1 radical (unpaired) electrons. The minimum Gasteiger partial charge on any atom is -0.207 e. The molecule has 1 rings (SSSR count). The molecule has 0 nitrogen and oxygen atoms in total. The van der Waals surface area contributed by atoms with E-state index in [1.54, 1.807) is 12.7 Å². The molecule has 0 N–H and O–H groups in total. The highest BCUT2D eigenvalue weighted by molar-refractivity contribution is 8.01. The van der Waals surface area contributed by atoms with Crippen molar-refractivity contribution in [2.45, 2.75) is 11.8 Å². The van der Waals surface area contributed by atoms with Gasteiger partial charge in [-0.1, -0.05) is 6.92 Å². The van der Waals surface area contributed by atoms with E-state index in [-0.39, 0.29) is 5.82 Å². The summed E-state index contributed by atoms with van der Waals surface area (Å²) in [6.07, 6.45) is 0. The van der Waals surface area contributed by atoms with Crippen LogP contribution in [0, 0.1) is 17.4 Å². The van der Waals surface area contributed by atoms with E-state index in [0.717, 1.165) is 12.1 Å². The molecule has 11 heavy (non-hydrogen) atoms. The van der Waals surface area contributed by atoms with Crippen molar-refractivity contribution in [3.05, 3.63) is 35.6 Å². The third kappa shape index (κ3) is 2.19. The number of rotatable bonds is 2. The maximum atomic E-state index is 12.7. The fraction of sp³-hybridized carbons (Fsp3) is 0.125. The summed E-state index contributed by atoms with van der Waals surface area (Å²) in [5.41, 5.74) is 0.